The lowest BCUT2D eigenvalue weighted by atomic mass is 9.78. The Morgan fingerprint density at radius 1 is 1.25 bits per heavy atom. The maximum atomic E-state index is 8.67. The van der Waals surface area contributed by atoms with E-state index in [1.54, 1.807) is 0 Å². The molecule has 3 N–H and O–H groups in total. The number of oxime groups is 1. The lowest BCUT2D eigenvalue weighted by Gasteiger charge is -2.45. The summed E-state index contributed by atoms with van der Waals surface area (Å²) in [5.41, 5.74) is 7.24. The summed E-state index contributed by atoms with van der Waals surface area (Å²) >= 11 is 0. The van der Waals surface area contributed by atoms with Gasteiger partial charge in [0.25, 0.3) is 0 Å². The molecular weight excluding hydrogens is 252 g/mol. The van der Waals surface area contributed by atoms with E-state index in [1.165, 1.54) is 38.5 Å². The molecule has 20 heavy (non-hydrogen) atoms. The zero-order valence-electron chi connectivity index (χ0n) is 11.7. The van der Waals surface area contributed by atoms with Gasteiger partial charge in [-0.1, -0.05) is 18.0 Å². The van der Waals surface area contributed by atoms with Crippen LogP contribution in [0.4, 0.5) is 5.69 Å². The minimum absolute atomic E-state index is 0.0609. The van der Waals surface area contributed by atoms with Crippen LogP contribution in [-0.2, 0) is 0 Å². The number of hydrogen-bond donors (Lipinski definition) is 2. The number of hydrogen-bond acceptors (Lipinski definition) is 4. The van der Waals surface area contributed by atoms with Crippen LogP contribution in [-0.4, -0.2) is 28.6 Å². The highest BCUT2D eigenvalue weighted by molar-refractivity contribution is 5.95. The van der Waals surface area contributed by atoms with Crippen LogP contribution in [0.25, 0.3) is 0 Å². The molecule has 5 heteroatoms. The largest absolute Gasteiger partial charge is 0.409 e. The van der Waals surface area contributed by atoms with Gasteiger partial charge >= 0.3 is 0 Å². The van der Waals surface area contributed by atoms with E-state index >= 15 is 0 Å². The van der Waals surface area contributed by atoms with Gasteiger partial charge in [-0.3, -0.25) is 4.98 Å². The van der Waals surface area contributed by atoms with Crippen molar-refractivity contribution in [2.45, 2.75) is 44.6 Å². The maximum absolute atomic E-state index is 8.67. The molecule has 1 saturated carbocycles. The number of anilines is 1. The number of amidine groups is 1. The van der Waals surface area contributed by atoms with E-state index in [1.807, 2.05) is 18.3 Å². The van der Waals surface area contributed by atoms with Gasteiger partial charge in [0.2, 0.25) is 0 Å². The summed E-state index contributed by atoms with van der Waals surface area (Å²) in [6.07, 6.45) is 9.89. The summed E-state index contributed by atoms with van der Waals surface area (Å²) in [5, 5.41) is 11.7. The Hall–Kier alpha value is -1.78. The monoisotopic (exact) mass is 274 g/mol. The first kappa shape index (κ1) is 13.2. The third-order valence-corrected chi connectivity index (χ3v) is 4.69. The quantitative estimate of drug-likeness (QED) is 0.376. The normalized spacial score (nSPS) is 27.2. The zero-order valence-corrected chi connectivity index (χ0v) is 11.7. The topological polar surface area (TPSA) is 74.7 Å². The molecule has 5 nitrogen and oxygen atoms in total. The molecule has 2 aliphatic rings. The van der Waals surface area contributed by atoms with Crippen LogP contribution in [0.3, 0.4) is 0 Å². The lowest BCUT2D eigenvalue weighted by molar-refractivity contribution is 0.243. The highest BCUT2D eigenvalue weighted by Crippen LogP contribution is 2.37. The number of aromatic nitrogens is 1. The second kappa shape index (κ2) is 5.69. The van der Waals surface area contributed by atoms with Crippen LogP contribution in [0, 0.1) is 5.92 Å². The average Bonchev–Trinajstić information content (AvgIpc) is 2.54. The SMILES string of the molecule is N/C(=N/O)c1ccc(N2CCCC3CCCCC32)cn1. The molecule has 0 bridgehead atoms. The maximum Gasteiger partial charge on any atom is 0.188 e. The molecule has 3 rings (SSSR count). The summed E-state index contributed by atoms with van der Waals surface area (Å²) in [5.74, 6) is 0.909. The molecule has 0 spiro atoms. The Bertz CT molecular complexity index is 483. The highest BCUT2D eigenvalue weighted by Gasteiger charge is 2.33. The highest BCUT2D eigenvalue weighted by atomic mass is 16.4. The molecular formula is C15H22N4O. The Morgan fingerprint density at radius 3 is 2.80 bits per heavy atom. The van der Waals surface area contributed by atoms with Gasteiger partial charge in [0, 0.05) is 12.6 Å². The number of piperidine rings is 1. The number of nitrogens with zero attached hydrogens (tertiary/aromatic N) is 3. The van der Waals surface area contributed by atoms with Gasteiger partial charge in [-0.2, -0.15) is 0 Å². The molecule has 1 aromatic rings. The fourth-order valence-electron chi connectivity index (χ4n) is 3.70. The molecule has 2 fully saturated rings. The van der Waals surface area contributed by atoms with Crippen molar-refractivity contribution in [3.8, 4) is 0 Å². The Kier molecular flexibility index (Phi) is 3.76. The lowest BCUT2D eigenvalue weighted by Crippen LogP contribution is -2.47. The predicted molar refractivity (Wildman–Crippen MR) is 79.1 cm³/mol. The first-order valence-electron chi connectivity index (χ1n) is 7.50. The van der Waals surface area contributed by atoms with Gasteiger partial charge in [0.15, 0.2) is 5.84 Å². The third kappa shape index (κ3) is 2.44. The minimum Gasteiger partial charge on any atom is -0.409 e. The molecule has 108 valence electrons. The molecule has 2 unspecified atom stereocenters. The van der Waals surface area contributed by atoms with Gasteiger partial charge < -0.3 is 15.8 Å². The van der Waals surface area contributed by atoms with E-state index in [0.717, 1.165) is 18.2 Å². The van der Waals surface area contributed by atoms with Crippen LogP contribution in [0.1, 0.15) is 44.2 Å². The Balaban J connectivity index is 1.80. The van der Waals surface area contributed by atoms with Crippen LogP contribution in [0.5, 0.6) is 0 Å². The van der Waals surface area contributed by atoms with E-state index in [9.17, 15) is 0 Å². The number of nitrogens with two attached hydrogens (primary N) is 1. The summed E-state index contributed by atoms with van der Waals surface area (Å²) in [6.45, 7) is 1.12. The van der Waals surface area contributed by atoms with E-state index < -0.39 is 0 Å². The summed E-state index contributed by atoms with van der Waals surface area (Å²) in [6, 6.07) is 4.54. The van der Waals surface area contributed by atoms with Gasteiger partial charge in [0.05, 0.1) is 11.9 Å². The predicted octanol–water partition coefficient (Wildman–Crippen LogP) is 2.34. The van der Waals surface area contributed by atoms with Gasteiger partial charge in [-0.15, -0.1) is 0 Å². The second-order valence-corrected chi connectivity index (χ2v) is 5.83. The molecule has 0 radical (unpaired) electrons. The molecule has 0 amide bonds. The number of pyridine rings is 1. The van der Waals surface area contributed by atoms with Gasteiger partial charge in [0.1, 0.15) is 5.69 Å². The second-order valence-electron chi connectivity index (χ2n) is 5.83. The molecule has 2 atom stereocenters. The van der Waals surface area contributed by atoms with Crippen molar-refractivity contribution in [3.05, 3.63) is 24.0 Å². The van der Waals surface area contributed by atoms with Gasteiger partial charge in [-0.05, 0) is 43.7 Å². The van der Waals surface area contributed by atoms with Crippen molar-refractivity contribution >= 4 is 11.5 Å². The number of fused-ring (bicyclic) bond motifs is 1. The van der Waals surface area contributed by atoms with E-state index in [-0.39, 0.29) is 5.84 Å². The van der Waals surface area contributed by atoms with Crippen LogP contribution >= 0.6 is 0 Å². The van der Waals surface area contributed by atoms with Crippen molar-refractivity contribution in [1.29, 1.82) is 0 Å². The van der Waals surface area contributed by atoms with Crippen molar-refractivity contribution in [1.82, 2.24) is 4.98 Å². The fraction of sp³-hybridized carbons (Fsp3) is 0.600. The van der Waals surface area contributed by atoms with Crippen molar-refractivity contribution < 1.29 is 5.21 Å². The molecule has 2 heterocycles. The first-order chi connectivity index (χ1) is 9.79. The van der Waals surface area contributed by atoms with Gasteiger partial charge in [-0.25, -0.2) is 0 Å². The summed E-state index contributed by atoms with van der Waals surface area (Å²) in [7, 11) is 0. The van der Waals surface area contributed by atoms with Crippen LogP contribution in [0.2, 0.25) is 0 Å². The zero-order chi connectivity index (χ0) is 13.9. The standard InChI is InChI=1S/C15H22N4O/c16-15(18-20)13-8-7-12(10-17-13)19-9-3-5-11-4-1-2-6-14(11)19/h7-8,10-11,14,20H,1-6,9H2,(H2,16,18). The van der Waals surface area contributed by atoms with Crippen LogP contribution in [0.15, 0.2) is 23.5 Å². The Morgan fingerprint density at radius 2 is 2.05 bits per heavy atom. The first-order valence-corrected chi connectivity index (χ1v) is 7.50. The van der Waals surface area contributed by atoms with E-state index in [2.05, 4.69) is 15.0 Å². The molecule has 1 aromatic heterocycles. The number of rotatable bonds is 2. The third-order valence-electron chi connectivity index (χ3n) is 4.69. The summed E-state index contributed by atoms with van der Waals surface area (Å²) < 4.78 is 0. The van der Waals surface area contributed by atoms with Crippen molar-refractivity contribution in [2.24, 2.45) is 16.8 Å². The molecule has 1 aliphatic heterocycles. The van der Waals surface area contributed by atoms with E-state index in [0.29, 0.717) is 11.7 Å². The van der Waals surface area contributed by atoms with Crippen molar-refractivity contribution in [2.75, 3.05) is 11.4 Å². The smallest absolute Gasteiger partial charge is 0.188 e. The average molecular weight is 274 g/mol. The van der Waals surface area contributed by atoms with Crippen molar-refractivity contribution in [3.63, 3.8) is 0 Å². The molecule has 1 saturated heterocycles. The van der Waals surface area contributed by atoms with E-state index in [4.69, 9.17) is 10.9 Å². The molecule has 1 aliphatic carbocycles. The minimum atomic E-state index is 0.0609. The Labute approximate surface area is 119 Å². The molecule has 0 aromatic carbocycles. The summed E-state index contributed by atoms with van der Waals surface area (Å²) in [4.78, 5) is 6.82. The fourth-order valence-corrected chi connectivity index (χ4v) is 3.70. The van der Waals surface area contributed by atoms with Crippen LogP contribution < -0.4 is 10.6 Å².